The summed E-state index contributed by atoms with van der Waals surface area (Å²) in [4.78, 5) is 16.2. The fourth-order valence-corrected chi connectivity index (χ4v) is 2.74. The van der Waals surface area contributed by atoms with Gasteiger partial charge in [-0.1, -0.05) is 15.9 Å². The first-order chi connectivity index (χ1) is 13.1. The monoisotopic (exact) mass is 560 g/mol. The van der Waals surface area contributed by atoms with Crippen molar-refractivity contribution in [2.24, 2.45) is 10.7 Å². The molecule has 2 aromatic carbocycles. The van der Waals surface area contributed by atoms with E-state index in [9.17, 15) is 4.79 Å². The van der Waals surface area contributed by atoms with Gasteiger partial charge in [-0.3, -0.25) is 9.79 Å². The molecule has 0 spiro atoms. The summed E-state index contributed by atoms with van der Waals surface area (Å²) in [6.45, 7) is 2.03. The Hall–Kier alpha value is -2.01. The van der Waals surface area contributed by atoms with Crippen molar-refractivity contribution in [3.8, 4) is 11.5 Å². The molecule has 0 saturated heterocycles. The van der Waals surface area contributed by atoms with Crippen molar-refractivity contribution in [2.75, 3.05) is 31.6 Å². The van der Waals surface area contributed by atoms with E-state index in [-0.39, 0.29) is 35.8 Å². The second-order valence-corrected chi connectivity index (χ2v) is 6.78. The lowest BCUT2D eigenvalue weighted by Crippen LogP contribution is -2.28. The van der Waals surface area contributed by atoms with E-state index in [0.717, 1.165) is 22.3 Å². The van der Waals surface area contributed by atoms with Gasteiger partial charge in [-0.15, -0.1) is 24.0 Å². The third kappa shape index (κ3) is 6.55. The lowest BCUT2D eigenvalue weighted by Gasteiger charge is -2.11. The summed E-state index contributed by atoms with van der Waals surface area (Å²) in [5, 5.41) is 5.82. The van der Waals surface area contributed by atoms with E-state index < -0.39 is 0 Å². The van der Waals surface area contributed by atoms with Gasteiger partial charge in [-0.2, -0.15) is 0 Å². The molecule has 1 amide bonds. The average Bonchev–Trinajstić information content (AvgIpc) is 2.90. The number of halogens is 2. The van der Waals surface area contributed by atoms with Crippen LogP contribution in [0.1, 0.15) is 16.8 Å². The predicted molar refractivity (Wildman–Crippen MR) is 124 cm³/mol. The minimum absolute atomic E-state index is 0. The van der Waals surface area contributed by atoms with Crippen molar-refractivity contribution in [3.63, 3.8) is 0 Å². The molecule has 0 aliphatic carbocycles. The molecule has 3 rings (SSSR count). The standard InChI is InChI=1S/C19H21BrN4O3.HI/c20-14-4-2-13(3-5-14)18(25)22-8-9-23-19(21)24-15-6-7-16-17(12-15)27-11-1-10-26-16;/h2-7,12H,1,8-11H2,(H,22,25)(H3,21,23,24);1H. The number of hydrogen-bond acceptors (Lipinski definition) is 4. The Labute approximate surface area is 189 Å². The molecule has 0 saturated carbocycles. The number of nitrogens with two attached hydrogens (primary N) is 1. The number of amides is 1. The van der Waals surface area contributed by atoms with Crippen LogP contribution in [0.5, 0.6) is 11.5 Å². The van der Waals surface area contributed by atoms with Gasteiger partial charge in [0.05, 0.1) is 19.8 Å². The number of ether oxygens (including phenoxy) is 2. The first kappa shape index (κ1) is 22.3. The van der Waals surface area contributed by atoms with E-state index in [4.69, 9.17) is 15.2 Å². The first-order valence-electron chi connectivity index (χ1n) is 8.62. The summed E-state index contributed by atoms with van der Waals surface area (Å²) in [5.41, 5.74) is 7.27. The maximum Gasteiger partial charge on any atom is 0.251 e. The highest BCUT2D eigenvalue weighted by Gasteiger charge is 2.11. The minimum Gasteiger partial charge on any atom is -0.490 e. The molecule has 2 aromatic rings. The van der Waals surface area contributed by atoms with Gasteiger partial charge in [0.1, 0.15) is 0 Å². The van der Waals surface area contributed by atoms with Crippen LogP contribution in [0.3, 0.4) is 0 Å². The Morgan fingerprint density at radius 3 is 2.57 bits per heavy atom. The Morgan fingerprint density at radius 2 is 1.82 bits per heavy atom. The smallest absolute Gasteiger partial charge is 0.251 e. The molecule has 0 atom stereocenters. The van der Waals surface area contributed by atoms with Crippen LogP contribution in [0.4, 0.5) is 5.69 Å². The van der Waals surface area contributed by atoms with Gasteiger partial charge in [0.2, 0.25) is 0 Å². The van der Waals surface area contributed by atoms with Crippen molar-refractivity contribution in [3.05, 3.63) is 52.5 Å². The largest absolute Gasteiger partial charge is 0.490 e. The molecule has 0 aromatic heterocycles. The summed E-state index contributed by atoms with van der Waals surface area (Å²) in [7, 11) is 0. The van der Waals surface area contributed by atoms with Crippen LogP contribution in [-0.4, -0.2) is 38.2 Å². The van der Waals surface area contributed by atoms with Gasteiger partial charge >= 0.3 is 0 Å². The maximum absolute atomic E-state index is 12.0. The van der Waals surface area contributed by atoms with Gasteiger partial charge in [-0.05, 0) is 36.4 Å². The van der Waals surface area contributed by atoms with Crippen LogP contribution < -0.4 is 25.8 Å². The molecule has 0 radical (unpaired) electrons. The van der Waals surface area contributed by atoms with Crippen LogP contribution in [0, 0.1) is 0 Å². The molecule has 28 heavy (non-hydrogen) atoms. The maximum atomic E-state index is 12.0. The molecule has 7 nitrogen and oxygen atoms in total. The Bertz CT molecular complexity index is 830. The zero-order chi connectivity index (χ0) is 19.1. The van der Waals surface area contributed by atoms with Crippen LogP contribution in [0.15, 0.2) is 51.9 Å². The molecule has 0 unspecified atom stereocenters. The van der Waals surface area contributed by atoms with E-state index in [1.165, 1.54) is 0 Å². The second-order valence-electron chi connectivity index (χ2n) is 5.87. The molecule has 1 heterocycles. The first-order valence-corrected chi connectivity index (χ1v) is 9.41. The molecule has 0 bridgehead atoms. The lowest BCUT2D eigenvalue weighted by molar-refractivity contribution is 0.0955. The number of hydrogen-bond donors (Lipinski definition) is 3. The molecule has 150 valence electrons. The fraction of sp³-hybridized carbons (Fsp3) is 0.263. The number of benzene rings is 2. The van der Waals surface area contributed by atoms with Crippen molar-refractivity contribution in [2.45, 2.75) is 6.42 Å². The SMILES string of the molecule is I.NC(=NCCNC(=O)c1ccc(Br)cc1)Nc1ccc2c(c1)OCCCO2. The van der Waals surface area contributed by atoms with Crippen LogP contribution >= 0.6 is 39.9 Å². The topological polar surface area (TPSA) is 98.0 Å². The Balaban J connectivity index is 0.00000280. The number of nitrogens with zero attached hydrogens (tertiary/aromatic N) is 1. The number of anilines is 1. The predicted octanol–water partition coefficient (Wildman–Crippen LogP) is 3.39. The number of guanidine groups is 1. The lowest BCUT2D eigenvalue weighted by atomic mass is 10.2. The van der Waals surface area contributed by atoms with E-state index in [2.05, 4.69) is 31.6 Å². The Kier molecular flexibility index (Phi) is 8.84. The number of aliphatic imine (C=N–C) groups is 1. The van der Waals surface area contributed by atoms with Gasteiger partial charge in [-0.25, -0.2) is 0 Å². The highest BCUT2D eigenvalue weighted by molar-refractivity contribution is 14.0. The van der Waals surface area contributed by atoms with Crippen LogP contribution in [-0.2, 0) is 0 Å². The van der Waals surface area contributed by atoms with Crippen molar-refractivity contribution in [1.29, 1.82) is 0 Å². The molecular formula is C19H22BrIN4O3. The zero-order valence-corrected chi connectivity index (χ0v) is 19.0. The molecule has 1 aliphatic heterocycles. The molecular weight excluding hydrogens is 539 g/mol. The van der Waals surface area contributed by atoms with Gasteiger partial charge < -0.3 is 25.8 Å². The molecule has 4 N–H and O–H groups in total. The normalized spacial score (nSPS) is 13.1. The van der Waals surface area contributed by atoms with Crippen molar-refractivity contribution >= 4 is 57.5 Å². The van der Waals surface area contributed by atoms with Gasteiger partial charge in [0.15, 0.2) is 17.5 Å². The number of rotatable bonds is 5. The Morgan fingerprint density at radius 1 is 1.11 bits per heavy atom. The number of fused-ring (bicyclic) bond motifs is 1. The quantitative estimate of drug-likeness (QED) is 0.225. The zero-order valence-electron chi connectivity index (χ0n) is 15.1. The van der Waals surface area contributed by atoms with E-state index in [1.54, 1.807) is 12.1 Å². The van der Waals surface area contributed by atoms with Gasteiger partial charge in [0, 0.05) is 34.8 Å². The summed E-state index contributed by atoms with van der Waals surface area (Å²) in [5.74, 6) is 1.53. The highest BCUT2D eigenvalue weighted by atomic mass is 127. The summed E-state index contributed by atoms with van der Waals surface area (Å²) in [6, 6.07) is 12.7. The molecule has 0 fully saturated rings. The molecule has 1 aliphatic rings. The highest BCUT2D eigenvalue weighted by Crippen LogP contribution is 2.32. The fourth-order valence-electron chi connectivity index (χ4n) is 2.48. The molecule has 9 heteroatoms. The minimum atomic E-state index is -0.146. The average molecular weight is 561 g/mol. The number of carbonyl (C=O) groups is 1. The summed E-state index contributed by atoms with van der Waals surface area (Å²) >= 11 is 3.34. The number of nitrogens with one attached hydrogen (secondary N) is 2. The third-order valence-electron chi connectivity index (χ3n) is 3.81. The van der Waals surface area contributed by atoms with Gasteiger partial charge in [0.25, 0.3) is 5.91 Å². The van der Waals surface area contributed by atoms with E-state index >= 15 is 0 Å². The van der Waals surface area contributed by atoms with Crippen molar-refractivity contribution in [1.82, 2.24) is 5.32 Å². The number of carbonyl (C=O) groups excluding carboxylic acids is 1. The summed E-state index contributed by atoms with van der Waals surface area (Å²) in [6.07, 6.45) is 0.854. The van der Waals surface area contributed by atoms with E-state index in [1.807, 2.05) is 30.3 Å². The third-order valence-corrected chi connectivity index (χ3v) is 4.33. The van der Waals surface area contributed by atoms with Crippen LogP contribution in [0.25, 0.3) is 0 Å². The summed E-state index contributed by atoms with van der Waals surface area (Å²) < 4.78 is 12.2. The van der Waals surface area contributed by atoms with Crippen molar-refractivity contribution < 1.29 is 14.3 Å². The second kappa shape index (κ2) is 11.1. The van der Waals surface area contributed by atoms with Crippen LogP contribution in [0.2, 0.25) is 0 Å². The van der Waals surface area contributed by atoms with E-state index in [0.29, 0.717) is 37.6 Å².